The van der Waals surface area contributed by atoms with Gasteiger partial charge in [0.05, 0.1) is 6.10 Å². The molecule has 0 amide bonds. The molecule has 1 aliphatic heterocycles. The van der Waals surface area contributed by atoms with Gasteiger partial charge in [-0.15, -0.1) is 0 Å². The third kappa shape index (κ3) is 2.76. The lowest BCUT2D eigenvalue weighted by Gasteiger charge is -2.25. The van der Waals surface area contributed by atoms with Gasteiger partial charge in [-0.05, 0) is 33.1 Å². The Morgan fingerprint density at radius 1 is 1.33 bits per heavy atom. The first-order valence-corrected chi connectivity index (χ1v) is 4.99. The molecule has 1 fully saturated rings. The Hall–Kier alpha value is -0.0800. The predicted octanol–water partition coefficient (Wildman–Crippen LogP) is 2.10. The molecule has 0 radical (unpaired) electrons. The SMILES string of the molecule is CC1CCN(C(C)OC(C)C)C1. The topological polar surface area (TPSA) is 12.5 Å². The van der Waals surface area contributed by atoms with E-state index in [0.29, 0.717) is 12.3 Å². The van der Waals surface area contributed by atoms with Gasteiger partial charge >= 0.3 is 0 Å². The lowest BCUT2D eigenvalue weighted by molar-refractivity contribution is -0.0684. The minimum atomic E-state index is 0.301. The van der Waals surface area contributed by atoms with Crippen molar-refractivity contribution in [3.63, 3.8) is 0 Å². The van der Waals surface area contributed by atoms with Crippen LogP contribution in [0.4, 0.5) is 0 Å². The van der Waals surface area contributed by atoms with Gasteiger partial charge < -0.3 is 4.74 Å². The molecule has 0 aromatic heterocycles. The van der Waals surface area contributed by atoms with Gasteiger partial charge in [-0.3, -0.25) is 4.90 Å². The minimum absolute atomic E-state index is 0.301. The highest BCUT2D eigenvalue weighted by Gasteiger charge is 2.23. The van der Waals surface area contributed by atoms with E-state index < -0.39 is 0 Å². The molecular formula is C10H21NO. The molecule has 0 aromatic carbocycles. The van der Waals surface area contributed by atoms with Crippen molar-refractivity contribution in [2.75, 3.05) is 13.1 Å². The van der Waals surface area contributed by atoms with Crippen LogP contribution in [0, 0.1) is 5.92 Å². The maximum absolute atomic E-state index is 5.71. The van der Waals surface area contributed by atoms with E-state index in [1.807, 2.05) is 0 Å². The smallest absolute Gasteiger partial charge is 0.108 e. The monoisotopic (exact) mass is 171 g/mol. The van der Waals surface area contributed by atoms with Gasteiger partial charge in [-0.1, -0.05) is 6.92 Å². The molecule has 72 valence electrons. The van der Waals surface area contributed by atoms with Crippen LogP contribution in [0.15, 0.2) is 0 Å². The second-order valence-electron chi connectivity index (χ2n) is 4.17. The van der Waals surface area contributed by atoms with Crippen LogP contribution in [-0.2, 0) is 4.74 Å². The molecule has 0 saturated carbocycles. The quantitative estimate of drug-likeness (QED) is 0.644. The average Bonchev–Trinajstić information content (AvgIpc) is 2.34. The molecule has 0 N–H and O–H groups in total. The van der Waals surface area contributed by atoms with E-state index in [0.717, 1.165) is 5.92 Å². The Morgan fingerprint density at radius 2 is 2.00 bits per heavy atom. The standard InChI is InChI=1S/C10H21NO/c1-8(2)12-10(4)11-6-5-9(3)7-11/h8-10H,5-7H2,1-4H3. The second-order valence-corrected chi connectivity index (χ2v) is 4.17. The largest absolute Gasteiger partial charge is 0.361 e. The van der Waals surface area contributed by atoms with Crippen molar-refractivity contribution in [3.8, 4) is 0 Å². The highest BCUT2D eigenvalue weighted by molar-refractivity contribution is 4.73. The summed E-state index contributed by atoms with van der Waals surface area (Å²) in [5, 5.41) is 0. The number of hydrogen-bond donors (Lipinski definition) is 0. The third-order valence-electron chi connectivity index (χ3n) is 2.44. The number of hydrogen-bond acceptors (Lipinski definition) is 2. The Morgan fingerprint density at radius 3 is 2.42 bits per heavy atom. The number of ether oxygens (including phenoxy) is 1. The molecule has 1 rings (SSSR count). The summed E-state index contributed by atoms with van der Waals surface area (Å²) in [5.74, 6) is 0.850. The Bertz CT molecular complexity index is 136. The lowest BCUT2D eigenvalue weighted by Crippen LogP contribution is -2.34. The van der Waals surface area contributed by atoms with Crippen molar-refractivity contribution in [2.24, 2.45) is 5.92 Å². The molecule has 2 unspecified atom stereocenters. The van der Waals surface area contributed by atoms with E-state index in [9.17, 15) is 0 Å². The van der Waals surface area contributed by atoms with E-state index >= 15 is 0 Å². The highest BCUT2D eigenvalue weighted by Crippen LogP contribution is 2.18. The second kappa shape index (κ2) is 4.24. The van der Waals surface area contributed by atoms with Crippen LogP contribution in [0.2, 0.25) is 0 Å². The molecule has 0 bridgehead atoms. The Balaban J connectivity index is 2.28. The first-order valence-electron chi connectivity index (χ1n) is 4.99. The van der Waals surface area contributed by atoms with Crippen LogP contribution in [0.5, 0.6) is 0 Å². The van der Waals surface area contributed by atoms with Crippen LogP contribution in [0.25, 0.3) is 0 Å². The molecule has 12 heavy (non-hydrogen) atoms. The van der Waals surface area contributed by atoms with Crippen molar-refractivity contribution < 1.29 is 4.74 Å². The fraction of sp³-hybridized carbons (Fsp3) is 1.00. The maximum Gasteiger partial charge on any atom is 0.108 e. The fourth-order valence-electron chi connectivity index (χ4n) is 1.78. The molecule has 2 atom stereocenters. The van der Waals surface area contributed by atoms with Gasteiger partial charge in [0, 0.05) is 13.1 Å². The summed E-state index contributed by atoms with van der Waals surface area (Å²) in [6.07, 6.45) is 1.97. The summed E-state index contributed by atoms with van der Waals surface area (Å²) in [5.41, 5.74) is 0. The summed E-state index contributed by atoms with van der Waals surface area (Å²) in [6.45, 7) is 11.1. The molecule has 1 saturated heterocycles. The summed E-state index contributed by atoms with van der Waals surface area (Å²) in [4.78, 5) is 2.42. The van der Waals surface area contributed by atoms with Gasteiger partial charge in [-0.25, -0.2) is 0 Å². The summed E-state index contributed by atoms with van der Waals surface area (Å²) in [7, 11) is 0. The van der Waals surface area contributed by atoms with Crippen LogP contribution in [-0.4, -0.2) is 30.3 Å². The zero-order chi connectivity index (χ0) is 9.14. The fourth-order valence-corrected chi connectivity index (χ4v) is 1.78. The molecule has 1 heterocycles. The van der Waals surface area contributed by atoms with Gasteiger partial charge in [0.2, 0.25) is 0 Å². The zero-order valence-electron chi connectivity index (χ0n) is 8.71. The van der Waals surface area contributed by atoms with Crippen molar-refractivity contribution in [1.29, 1.82) is 0 Å². The number of likely N-dealkylation sites (tertiary alicyclic amines) is 1. The van der Waals surface area contributed by atoms with Crippen LogP contribution in [0.1, 0.15) is 34.1 Å². The molecular weight excluding hydrogens is 150 g/mol. The Kier molecular flexibility index (Phi) is 3.53. The third-order valence-corrected chi connectivity index (χ3v) is 2.44. The van der Waals surface area contributed by atoms with Gasteiger partial charge in [0.15, 0.2) is 0 Å². The van der Waals surface area contributed by atoms with E-state index in [2.05, 4.69) is 32.6 Å². The van der Waals surface area contributed by atoms with E-state index in [-0.39, 0.29) is 0 Å². The summed E-state index contributed by atoms with van der Waals surface area (Å²) in [6, 6.07) is 0. The number of rotatable bonds is 3. The van der Waals surface area contributed by atoms with Crippen LogP contribution in [0.3, 0.4) is 0 Å². The van der Waals surface area contributed by atoms with Gasteiger partial charge in [-0.2, -0.15) is 0 Å². The molecule has 0 spiro atoms. The molecule has 0 aromatic rings. The van der Waals surface area contributed by atoms with Crippen molar-refractivity contribution in [3.05, 3.63) is 0 Å². The molecule has 2 nitrogen and oxygen atoms in total. The molecule has 2 heteroatoms. The van der Waals surface area contributed by atoms with Crippen LogP contribution >= 0.6 is 0 Å². The predicted molar refractivity (Wildman–Crippen MR) is 51.0 cm³/mol. The highest BCUT2D eigenvalue weighted by atomic mass is 16.5. The summed E-state index contributed by atoms with van der Waals surface area (Å²) < 4.78 is 5.71. The molecule has 0 aliphatic carbocycles. The van der Waals surface area contributed by atoms with Crippen molar-refractivity contribution in [1.82, 2.24) is 4.90 Å². The van der Waals surface area contributed by atoms with E-state index in [4.69, 9.17) is 4.74 Å². The van der Waals surface area contributed by atoms with Gasteiger partial charge in [0.1, 0.15) is 6.23 Å². The lowest BCUT2D eigenvalue weighted by atomic mass is 10.2. The summed E-state index contributed by atoms with van der Waals surface area (Å²) >= 11 is 0. The molecule has 1 aliphatic rings. The maximum atomic E-state index is 5.71. The van der Waals surface area contributed by atoms with E-state index in [1.165, 1.54) is 19.5 Å². The Labute approximate surface area is 75.9 Å². The van der Waals surface area contributed by atoms with Crippen molar-refractivity contribution >= 4 is 0 Å². The number of nitrogens with zero attached hydrogens (tertiary/aromatic N) is 1. The van der Waals surface area contributed by atoms with Crippen molar-refractivity contribution in [2.45, 2.75) is 46.4 Å². The van der Waals surface area contributed by atoms with E-state index in [1.54, 1.807) is 0 Å². The minimum Gasteiger partial charge on any atom is -0.361 e. The zero-order valence-corrected chi connectivity index (χ0v) is 8.71. The first-order chi connectivity index (χ1) is 5.59. The first kappa shape index (κ1) is 10.0. The van der Waals surface area contributed by atoms with Gasteiger partial charge in [0.25, 0.3) is 0 Å². The van der Waals surface area contributed by atoms with Crippen LogP contribution < -0.4 is 0 Å². The average molecular weight is 171 g/mol. The normalized spacial score (nSPS) is 28.2.